The van der Waals surface area contributed by atoms with Crippen molar-refractivity contribution < 1.29 is 8.42 Å². The SMILES string of the molecule is CCCNCCS(=O)(=O)Nc1ccc(Br)c2ccccc12. The van der Waals surface area contributed by atoms with Crippen LogP contribution in [-0.4, -0.2) is 27.3 Å². The molecule has 4 nitrogen and oxygen atoms in total. The van der Waals surface area contributed by atoms with Crippen molar-refractivity contribution in [3.8, 4) is 0 Å². The number of benzene rings is 2. The third-order valence-corrected chi connectivity index (χ3v) is 5.07. The zero-order valence-electron chi connectivity index (χ0n) is 11.9. The fraction of sp³-hybridized carbons (Fsp3) is 0.333. The third kappa shape index (κ3) is 4.43. The maximum atomic E-state index is 12.1. The van der Waals surface area contributed by atoms with Gasteiger partial charge in [-0.2, -0.15) is 0 Å². The number of anilines is 1. The minimum Gasteiger partial charge on any atom is -0.316 e. The predicted molar refractivity (Wildman–Crippen MR) is 92.2 cm³/mol. The first-order valence-corrected chi connectivity index (χ1v) is 9.36. The van der Waals surface area contributed by atoms with Crippen LogP contribution in [0.2, 0.25) is 0 Å². The van der Waals surface area contributed by atoms with Gasteiger partial charge in [-0.1, -0.05) is 47.1 Å². The predicted octanol–water partition coefficient (Wildman–Crippen LogP) is 3.34. The second-order valence-electron chi connectivity index (χ2n) is 4.81. The molecule has 0 saturated carbocycles. The molecule has 21 heavy (non-hydrogen) atoms. The molecule has 0 atom stereocenters. The van der Waals surface area contributed by atoms with Gasteiger partial charge in [-0.15, -0.1) is 0 Å². The Morgan fingerprint density at radius 1 is 1.05 bits per heavy atom. The van der Waals surface area contributed by atoms with E-state index in [4.69, 9.17) is 0 Å². The standard InChI is InChI=1S/C15H19BrN2O2S/c1-2-9-17-10-11-21(19,20)18-15-8-7-14(16)12-5-3-4-6-13(12)15/h3-8,17-18H,2,9-11H2,1H3. The smallest absolute Gasteiger partial charge is 0.233 e. The molecule has 0 fully saturated rings. The van der Waals surface area contributed by atoms with E-state index in [1.807, 2.05) is 37.3 Å². The molecule has 6 heteroatoms. The van der Waals surface area contributed by atoms with Crippen molar-refractivity contribution in [3.05, 3.63) is 40.9 Å². The monoisotopic (exact) mass is 370 g/mol. The third-order valence-electron chi connectivity index (χ3n) is 3.11. The Bertz CT molecular complexity index is 717. The molecule has 0 aliphatic heterocycles. The summed E-state index contributed by atoms with van der Waals surface area (Å²) < 4.78 is 27.9. The number of hydrogen-bond donors (Lipinski definition) is 2. The highest BCUT2D eigenvalue weighted by atomic mass is 79.9. The molecule has 0 aliphatic carbocycles. The summed E-state index contributed by atoms with van der Waals surface area (Å²) in [6, 6.07) is 11.3. The molecule has 2 N–H and O–H groups in total. The van der Waals surface area contributed by atoms with Crippen LogP contribution >= 0.6 is 15.9 Å². The van der Waals surface area contributed by atoms with Gasteiger partial charge in [0.2, 0.25) is 10.0 Å². The van der Waals surface area contributed by atoms with E-state index < -0.39 is 10.0 Å². The summed E-state index contributed by atoms with van der Waals surface area (Å²) in [5.74, 6) is 0.0669. The average molecular weight is 371 g/mol. The van der Waals surface area contributed by atoms with E-state index >= 15 is 0 Å². The lowest BCUT2D eigenvalue weighted by molar-refractivity contribution is 0.595. The van der Waals surface area contributed by atoms with Gasteiger partial charge >= 0.3 is 0 Å². The fourth-order valence-electron chi connectivity index (χ4n) is 2.08. The van der Waals surface area contributed by atoms with Crippen LogP contribution in [0.5, 0.6) is 0 Å². The largest absolute Gasteiger partial charge is 0.316 e. The van der Waals surface area contributed by atoms with Gasteiger partial charge in [0, 0.05) is 16.4 Å². The Morgan fingerprint density at radius 2 is 1.76 bits per heavy atom. The van der Waals surface area contributed by atoms with Crippen LogP contribution in [0.15, 0.2) is 40.9 Å². The lowest BCUT2D eigenvalue weighted by Gasteiger charge is -2.12. The van der Waals surface area contributed by atoms with E-state index in [1.165, 1.54) is 0 Å². The van der Waals surface area contributed by atoms with Gasteiger partial charge in [0.15, 0.2) is 0 Å². The van der Waals surface area contributed by atoms with Crippen molar-refractivity contribution in [1.82, 2.24) is 5.32 Å². The summed E-state index contributed by atoms with van der Waals surface area (Å²) in [7, 11) is -3.35. The summed E-state index contributed by atoms with van der Waals surface area (Å²) in [4.78, 5) is 0. The first-order chi connectivity index (χ1) is 10.0. The molecule has 0 spiro atoms. The summed E-state index contributed by atoms with van der Waals surface area (Å²) in [5.41, 5.74) is 0.615. The number of fused-ring (bicyclic) bond motifs is 1. The summed E-state index contributed by atoms with van der Waals surface area (Å²) in [6.45, 7) is 3.34. The van der Waals surface area contributed by atoms with E-state index in [0.29, 0.717) is 12.2 Å². The molecule has 0 amide bonds. The van der Waals surface area contributed by atoms with Crippen LogP contribution in [0.25, 0.3) is 10.8 Å². The van der Waals surface area contributed by atoms with Crippen molar-refractivity contribution in [1.29, 1.82) is 0 Å². The van der Waals surface area contributed by atoms with Crippen LogP contribution < -0.4 is 10.0 Å². The number of halogens is 1. The zero-order valence-corrected chi connectivity index (χ0v) is 14.3. The lowest BCUT2D eigenvalue weighted by Crippen LogP contribution is -2.27. The molecular formula is C15H19BrN2O2S. The molecule has 2 aromatic rings. The molecule has 0 saturated heterocycles. The van der Waals surface area contributed by atoms with Gasteiger partial charge in [0.05, 0.1) is 11.4 Å². The number of rotatable bonds is 7. The molecule has 2 rings (SSSR count). The Labute approximate surface area is 134 Å². The zero-order chi connectivity index (χ0) is 15.3. The quantitative estimate of drug-likeness (QED) is 0.734. The molecule has 0 bridgehead atoms. The molecule has 114 valence electrons. The van der Waals surface area contributed by atoms with E-state index in [9.17, 15) is 8.42 Å². The first kappa shape index (κ1) is 16.3. The van der Waals surface area contributed by atoms with Crippen LogP contribution in [-0.2, 0) is 10.0 Å². The van der Waals surface area contributed by atoms with Gasteiger partial charge < -0.3 is 5.32 Å². The Morgan fingerprint density at radius 3 is 2.48 bits per heavy atom. The molecular weight excluding hydrogens is 352 g/mol. The fourth-order valence-corrected chi connectivity index (χ4v) is 3.58. The van der Waals surface area contributed by atoms with Crippen LogP contribution in [0.3, 0.4) is 0 Å². The van der Waals surface area contributed by atoms with Crippen molar-refractivity contribution in [3.63, 3.8) is 0 Å². The van der Waals surface area contributed by atoms with Crippen molar-refractivity contribution in [2.75, 3.05) is 23.6 Å². The highest BCUT2D eigenvalue weighted by Crippen LogP contribution is 2.30. The van der Waals surface area contributed by atoms with E-state index in [0.717, 1.165) is 28.2 Å². The van der Waals surface area contributed by atoms with Gasteiger partial charge in [-0.3, -0.25) is 4.72 Å². The Hall–Kier alpha value is -1.11. The van der Waals surface area contributed by atoms with Crippen LogP contribution in [0.4, 0.5) is 5.69 Å². The Balaban J connectivity index is 2.18. The maximum absolute atomic E-state index is 12.1. The minimum atomic E-state index is -3.35. The summed E-state index contributed by atoms with van der Waals surface area (Å²) >= 11 is 3.48. The van der Waals surface area contributed by atoms with E-state index in [2.05, 4.69) is 26.0 Å². The normalized spacial score (nSPS) is 11.7. The lowest BCUT2D eigenvalue weighted by atomic mass is 10.1. The van der Waals surface area contributed by atoms with Crippen LogP contribution in [0, 0.1) is 0 Å². The molecule has 0 radical (unpaired) electrons. The second-order valence-corrected chi connectivity index (χ2v) is 7.51. The van der Waals surface area contributed by atoms with Crippen molar-refractivity contribution in [2.45, 2.75) is 13.3 Å². The van der Waals surface area contributed by atoms with Gasteiger partial charge in [-0.05, 0) is 30.5 Å². The number of hydrogen-bond acceptors (Lipinski definition) is 3. The molecule has 2 aromatic carbocycles. The van der Waals surface area contributed by atoms with Gasteiger partial charge in [-0.25, -0.2) is 8.42 Å². The topological polar surface area (TPSA) is 58.2 Å². The van der Waals surface area contributed by atoms with Gasteiger partial charge in [0.25, 0.3) is 0 Å². The first-order valence-electron chi connectivity index (χ1n) is 6.92. The summed E-state index contributed by atoms with van der Waals surface area (Å²) in [6.07, 6.45) is 0.991. The average Bonchev–Trinajstić information content (AvgIpc) is 2.47. The molecule has 0 aromatic heterocycles. The van der Waals surface area contributed by atoms with Gasteiger partial charge in [0.1, 0.15) is 0 Å². The molecule has 0 heterocycles. The number of nitrogens with one attached hydrogen (secondary N) is 2. The molecule has 0 unspecified atom stereocenters. The second kappa shape index (κ2) is 7.24. The Kier molecular flexibility index (Phi) is 5.61. The van der Waals surface area contributed by atoms with E-state index in [1.54, 1.807) is 6.07 Å². The maximum Gasteiger partial charge on any atom is 0.233 e. The molecule has 0 aliphatic rings. The van der Waals surface area contributed by atoms with Crippen LogP contribution in [0.1, 0.15) is 13.3 Å². The number of sulfonamides is 1. The highest BCUT2D eigenvalue weighted by molar-refractivity contribution is 9.10. The van der Waals surface area contributed by atoms with Crippen molar-refractivity contribution in [2.24, 2.45) is 0 Å². The van der Waals surface area contributed by atoms with E-state index in [-0.39, 0.29) is 5.75 Å². The summed E-state index contributed by atoms with van der Waals surface area (Å²) in [5, 5.41) is 4.97. The highest BCUT2D eigenvalue weighted by Gasteiger charge is 2.12. The minimum absolute atomic E-state index is 0.0669. The van der Waals surface area contributed by atoms with Crippen molar-refractivity contribution >= 4 is 42.4 Å².